The molecule has 0 aliphatic carbocycles. The van der Waals surface area contributed by atoms with Crippen LogP contribution in [0.4, 0.5) is 0 Å². The normalized spacial score (nSPS) is 11.2. The summed E-state index contributed by atoms with van der Waals surface area (Å²) in [4.78, 5) is 0. The third kappa shape index (κ3) is 2.68. The van der Waals surface area contributed by atoms with Gasteiger partial charge >= 0.3 is 0 Å². The molecule has 0 radical (unpaired) electrons. The SMILES string of the molecule is Cc1cccc(Cl)c1-n1nnnc1CNC(C)C. The van der Waals surface area contributed by atoms with Crippen LogP contribution in [0.5, 0.6) is 0 Å². The van der Waals surface area contributed by atoms with Crippen LogP contribution in [0.2, 0.25) is 5.02 Å². The predicted octanol–water partition coefficient (Wildman–Crippen LogP) is 2.12. The van der Waals surface area contributed by atoms with Crippen molar-refractivity contribution in [2.24, 2.45) is 0 Å². The first-order valence-electron chi connectivity index (χ1n) is 5.85. The maximum absolute atomic E-state index is 6.22. The molecule has 6 heteroatoms. The standard InChI is InChI=1S/C12H16ClN5/c1-8(2)14-7-11-15-16-17-18(11)12-9(3)5-4-6-10(12)13/h4-6,8,14H,7H2,1-3H3. The van der Waals surface area contributed by atoms with E-state index in [9.17, 15) is 0 Å². The summed E-state index contributed by atoms with van der Waals surface area (Å²) in [6, 6.07) is 6.12. The molecule has 0 saturated carbocycles. The topological polar surface area (TPSA) is 55.6 Å². The third-order valence-electron chi connectivity index (χ3n) is 2.60. The molecular formula is C12H16ClN5. The number of tetrazole rings is 1. The number of hydrogen-bond acceptors (Lipinski definition) is 4. The van der Waals surface area contributed by atoms with Gasteiger partial charge in [-0.25, -0.2) is 0 Å². The Labute approximate surface area is 111 Å². The Morgan fingerprint density at radius 2 is 2.17 bits per heavy atom. The predicted molar refractivity (Wildman–Crippen MR) is 70.9 cm³/mol. The van der Waals surface area contributed by atoms with E-state index in [0.717, 1.165) is 17.1 Å². The van der Waals surface area contributed by atoms with Gasteiger partial charge in [-0.2, -0.15) is 4.68 Å². The van der Waals surface area contributed by atoms with Gasteiger partial charge in [0.2, 0.25) is 0 Å². The zero-order valence-corrected chi connectivity index (χ0v) is 11.4. The molecule has 0 bridgehead atoms. The van der Waals surface area contributed by atoms with Crippen molar-refractivity contribution in [2.75, 3.05) is 0 Å². The highest BCUT2D eigenvalue weighted by Gasteiger charge is 2.13. The minimum Gasteiger partial charge on any atom is -0.308 e. The van der Waals surface area contributed by atoms with E-state index in [0.29, 0.717) is 17.6 Å². The van der Waals surface area contributed by atoms with Gasteiger partial charge in [-0.3, -0.25) is 0 Å². The highest BCUT2D eigenvalue weighted by molar-refractivity contribution is 6.32. The zero-order chi connectivity index (χ0) is 13.1. The molecule has 0 aliphatic heterocycles. The fourth-order valence-corrected chi connectivity index (χ4v) is 1.98. The number of nitrogens with one attached hydrogen (secondary N) is 1. The summed E-state index contributed by atoms with van der Waals surface area (Å²) >= 11 is 6.22. The maximum atomic E-state index is 6.22. The van der Waals surface area contributed by atoms with Gasteiger partial charge in [0.1, 0.15) is 0 Å². The molecule has 0 atom stereocenters. The van der Waals surface area contributed by atoms with E-state index < -0.39 is 0 Å². The molecule has 0 unspecified atom stereocenters. The van der Waals surface area contributed by atoms with Crippen molar-refractivity contribution in [3.63, 3.8) is 0 Å². The average molecular weight is 266 g/mol. The van der Waals surface area contributed by atoms with Crippen LogP contribution in [0.1, 0.15) is 25.2 Å². The monoisotopic (exact) mass is 265 g/mol. The smallest absolute Gasteiger partial charge is 0.170 e. The van der Waals surface area contributed by atoms with Crippen LogP contribution in [-0.2, 0) is 6.54 Å². The van der Waals surface area contributed by atoms with Crippen molar-refractivity contribution in [3.05, 3.63) is 34.6 Å². The summed E-state index contributed by atoms with van der Waals surface area (Å²) in [5.74, 6) is 0.750. The second kappa shape index (κ2) is 5.46. The van der Waals surface area contributed by atoms with E-state index >= 15 is 0 Å². The van der Waals surface area contributed by atoms with Crippen molar-refractivity contribution in [3.8, 4) is 5.69 Å². The van der Waals surface area contributed by atoms with E-state index in [1.165, 1.54) is 0 Å². The highest BCUT2D eigenvalue weighted by Crippen LogP contribution is 2.23. The molecule has 5 nitrogen and oxygen atoms in total. The van der Waals surface area contributed by atoms with Gasteiger partial charge in [0.25, 0.3) is 0 Å². The van der Waals surface area contributed by atoms with Gasteiger partial charge in [-0.15, -0.1) is 5.10 Å². The van der Waals surface area contributed by atoms with Crippen molar-refractivity contribution < 1.29 is 0 Å². The van der Waals surface area contributed by atoms with Crippen LogP contribution >= 0.6 is 11.6 Å². The number of nitrogens with zero attached hydrogens (tertiary/aromatic N) is 4. The molecule has 2 rings (SSSR count). The van der Waals surface area contributed by atoms with Gasteiger partial charge in [-0.1, -0.05) is 37.6 Å². The molecular weight excluding hydrogens is 250 g/mol. The van der Waals surface area contributed by atoms with Crippen LogP contribution in [0.25, 0.3) is 5.69 Å². The molecule has 1 aromatic carbocycles. The molecule has 0 saturated heterocycles. The number of aryl methyl sites for hydroxylation is 1. The minimum absolute atomic E-state index is 0.377. The third-order valence-corrected chi connectivity index (χ3v) is 2.91. The number of hydrogen-bond donors (Lipinski definition) is 1. The van der Waals surface area contributed by atoms with Crippen LogP contribution in [0, 0.1) is 6.92 Å². The Bertz CT molecular complexity index is 515. The second-order valence-electron chi connectivity index (χ2n) is 4.45. The lowest BCUT2D eigenvalue weighted by Crippen LogP contribution is -2.24. The summed E-state index contributed by atoms with van der Waals surface area (Å²) in [5, 5.41) is 15.7. The Balaban J connectivity index is 2.36. The Hall–Kier alpha value is -1.46. The van der Waals surface area contributed by atoms with Gasteiger partial charge in [0, 0.05) is 6.04 Å². The molecule has 1 aromatic heterocycles. The van der Waals surface area contributed by atoms with Crippen LogP contribution in [-0.4, -0.2) is 26.2 Å². The van der Waals surface area contributed by atoms with E-state index in [1.807, 2.05) is 25.1 Å². The molecule has 18 heavy (non-hydrogen) atoms. The van der Waals surface area contributed by atoms with Crippen molar-refractivity contribution in [1.29, 1.82) is 0 Å². The second-order valence-corrected chi connectivity index (χ2v) is 4.86. The molecule has 96 valence electrons. The van der Waals surface area contributed by atoms with Gasteiger partial charge in [0.15, 0.2) is 5.82 Å². The van der Waals surface area contributed by atoms with Gasteiger partial charge in [-0.05, 0) is 29.0 Å². The number of benzene rings is 1. The summed E-state index contributed by atoms with van der Waals surface area (Å²) < 4.78 is 1.69. The quantitative estimate of drug-likeness (QED) is 0.920. The van der Waals surface area contributed by atoms with Crippen LogP contribution in [0.15, 0.2) is 18.2 Å². The average Bonchev–Trinajstić information content (AvgIpc) is 2.74. The molecule has 1 N–H and O–H groups in total. The lowest BCUT2D eigenvalue weighted by atomic mass is 10.2. The van der Waals surface area contributed by atoms with Gasteiger partial charge in [0.05, 0.1) is 17.3 Å². The van der Waals surface area contributed by atoms with E-state index in [2.05, 4.69) is 34.7 Å². The largest absolute Gasteiger partial charge is 0.308 e. The lowest BCUT2D eigenvalue weighted by molar-refractivity contribution is 0.563. The molecule has 0 aliphatic rings. The number of para-hydroxylation sites is 1. The zero-order valence-electron chi connectivity index (χ0n) is 10.7. The van der Waals surface area contributed by atoms with Crippen LogP contribution in [0.3, 0.4) is 0 Å². The Kier molecular flexibility index (Phi) is 3.93. The minimum atomic E-state index is 0.377. The number of rotatable bonds is 4. The molecule has 0 amide bonds. The summed E-state index contributed by atoms with van der Waals surface area (Å²) in [6.07, 6.45) is 0. The van der Waals surface area contributed by atoms with E-state index in [4.69, 9.17) is 11.6 Å². The Morgan fingerprint density at radius 3 is 2.83 bits per heavy atom. The highest BCUT2D eigenvalue weighted by atomic mass is 35.5. The maximum Gasteiger partial charge on any atom is 0.170 e. The first-order chi connectivity index (χ1) is 8.59. The number of aromatic nitrogens is 4. The fraction of sp³-hybridized carbons (Fsp3) is 0.417. The molecule has 1 heterocycles. The molecule has 0 spiro atoms. The first-order valence-corrected chi connectivity index (χ1v) is 6.23. The summed E-state index contributed by atoms with van der Waals surface area (Å²) in [7, 11) is 0. The van der Waals surface area contributed by atoms with E-state index in [1.54, 1.807) is 4.68 Å². The first kappa shape index (κ1) is 13.0. The molecule has 0 fully saturated rings. The van der Waals surface area contributed by atoms with Crippen molar-refractivity contribution in [1.82, 2.24) is 25.5 Å². The fourth-order valence-electron chi connectivity index (χ4n) is 1.68. The van der Waals surface area contributed by atoms with Crippen molar-refractivity contribution in [2.45, 2.75) is 33.4 Å². The van der Waals surface area contributed by atoms with E-state index in [-0.39, 0.29) is 0 Å². The van der Waals surface area contributed by atoms with Crippen LogP contribution < -0.4 is 5.32 Å². The lowest BCUT2D eigenvalue weighted by Gasteiger charge is -2.11. The van der Waals surface area contributed by atoms with Gasteiger partial charge < -0.3 is 5.32 Å². The Morgan fingerprint density at radius 1 is 1.39 bits per heavy atom. The van der Waals surface area contributed by atoms with Crippen molar-refractivity contribution >= 4 is 11.6 Å². The summed E-state index contributed by atoms with van der Waals surface area (Å²) in [5.41, 5.74) is 1.88. The molecule has 2 aromatic rings. The number of halogens is 1. The summed E-state index contributed by atoms with van der Waals surface area (Å²) in [6.45, 7) is 6.75.